The Morgan fingerprint density at radius 3 is 1.82 bits per heavy atom. The van der Waals surface area contributed by atoms with Gasteiger partial charge in [0.05, 0.1) is 12.6 Å². The highest BCUT2D eigenvalue weighted by atomic mass is 35.5. The van der Waals surface area contributed by atoms with Crippen molar-refractivity contribution in [1.29, 1.82) is 0 Å². The van der Waals surface area contributed by atoms with E-state index in [1.165, 1.54) is 6.92 Å². The van der Waals surface area contributed by atoms with Gasteiger partial charge in [0.25, 0.3) is 0 Å². The molecule has 0 saturated carbocycles. The summed E-state index contributed by atoms with van der Waals surface area (Å²) in [4.78, 5) is 0. The molecule has 2 nitrogen and oxygen atoms in total. The second kappa shape index (κ2) is 8.03. The summed E-state index contributed by atoms with van der Waals surface area (Å²) in [5.74, 6) is -3.62. The van der Waals surface area contributed by atoms with Crippen LogP contribution in [0.2, 0.25) is 0 Å². The van der Waals surface area contributed by atoms with E-state index in [1.54, 1.807) is 30.3 Å². The highest BCUT2D eigenvalue weighted by molar-refractivity contribution is 5.85. The molecule has 9 heteroatoms. The highest BCUT2D eigenvalue weighted by Gasteiger charge is 2.60. The standard InChI is InChI=1S/C13H15F6NO.ClH/c1-8(9-5-3-2-4-6-9)20-10(7-21)11(12(14,15)16)13(17,18)19;/h2-6,8,10-11,20-21H,7H2,1H3;1H. The number of halogens is 7. The summed E-state index contributed by atoms with van der Waals surface area (Å²) >= 11 is 0. The molecule has 0 radical (unpaired) electrons. The van der Waals surface area contributed by atoms with Gasteiger partial charge in [0.1, 0.15) is 0 Å². The maximum atomic E-state index is 12.6. The molecule has 0 aliphatic heterocycles. The molecule has 0 saturated heterocycles. The van der Waals surface area contributed by atoms with Crippen LogP contribution in [0.15, 0.2) is 30.3 Å². The van der Waals surface area contributed by atoms with Gasteiger partial charge in [-0.2, -0.15) is 26.3 Å². The Hall–Kier alpha value is -0.990. The SMILES string of the molecule is CC(NC(CO)C(C(F)(F)F)C(F)(F)F)c1ccccc1.Cl. The minimum Gasteiger partial charge on any atom is -0.395 e. The lowest BCUT2D eigenvalue weighted by Gasteiger charge is -2.32. The zero-order chi connectivity index (χ0) is 16.3. The third-order valence-electron chi connectivity index (χ3n) is 3.07. The molecule has 0 amide bonds. The number of rotatable bonds is 5. The number of aliphatic hydroxyl groups excluding tert-OH is 1. The Morgan fingerprint density at radius 2 is 1.45 bits per heavy atom. The number of hydrogen-bond donors (Lipinski definition) is 2. The van der Waals surface area contributed by atoms with Crippen LogP contribution in [0.25, 0.3) is 0 Å². The quantitative estimate of drug-likeness (QED) is 0.790. The Morgan fingerprint density at radius 1 is 1.00 bits per heavy atom. The first kappa shape index (κ1) is 21.0. The summed E-state index contributed by atoms with van der Waals surface area (Å²) in [6.07, 6.45) is -11.0. The number of benzene rings is 1. The summed E-state index contributed by atoms with van der Waals surface area (Å²) in [6.45, 7) is 0.155. The number of nitrogens with one attached hydrogen (secondary N) is 1. The fraction of sp³-hybridized carbons (Fsp3) is 0.538. The van der Waals surface area contributed by atoms with Crippen molar-refractivity contribution in [1.82, 2.24) is 5.32 Å². The van der Waals surface area contributed by atoms with Crippen LogP contribution in [0, 0.1) is 5.92 Å². The van der Waals surface area contributed by atoms with Crippen LogP contribution in [0.1, 0.15) is 18.5 Å². The Balaban J connectivity index is 0.00000441. The first-order chi connectivity index (χ1) is 9.57. The normalized spacial score (nSPS) is 15.3. The van der Waals surface area contributed by atoms with E-state index in [0.29, 0.717) is 5.56 Å². The number of alkyl halides is 6. The minimum absolute atomic E-state index is 0. The van der Waals surface area contributed by atoms with Gasteiger partial charge in [0.2, 0.25) is 0 Å². The van der Waals surface area contributed by atoms with Crippen LogP contribution >= 0.6 is 12.4 Å². The van der Waals surface area contributed by atoms with Gasteiger partial charge < -0.3 is 10.4 Å². The zero-order valence-corrected chi connectivity index (χ0v) is 12.3. The molecule has 0 heterocycles. The summed E-state index contributed by atoms with van der Waals surface area (Å²) in [5.41, 5.74) is 0.527. The predicted molar refractivity (Wildman–Crippen MR) is 71.7 cm³/mol. The number of hydrogen-bond acceptors (Lipinski definition) is 2. The third kappa shape index (κ3) is 5.66. The fourth-order valence-electron chi connectivity index (χ4n) is 2.06. The summed E-state index contributed by atoms with van der Waals surface area (Å²) < 4.78 is 75.8. The molecule has 0 aliphatic rings. The topological polar surface area (TPSA) is 32.3 Å². The molecule has 2 atom stereocenters. The molecule has 1 aromatic rings. The van der Waals surface area contributed by atoms with E-state index in [0.717, 1.165) is 0 Å². The lowest BCUT2D eigenvalue weighted by Crippen LogP contribution is -2.53. The average Bonchev–Trinajstić information content (AvgIpc) is 2.35. The first-order valence-corrected chi connectivity index (χ1v) is 6.12. The van der Waals surface area contributed by atoms with Crippen molar-refractivity contribution < 1.29 is 31.4 Å². The summed E-state index contributed by atoms with van der Waals surface area (Å²) in [5, 5.41) is 11.2. The van der Waals surface area contributed by atoms with Crippen molar-refractivity contribution in [2.24, 2.45) is 5.92 Å². The van der Waals surface area contributed by atoms with Crippen LogP contribution < -0.4 is 5.32 Å². The molecule has 0 aromatic heterocycles. The largest absolute Gasteiger partial charge is 0.402 e. The molecule has 2 N–H and O–H groups in total. The summed E-state index contributed by atoms with van der Waals surface area (Å²) in [7, 11) is 0. The van der Waals surface area contributed by atoms with Gasteiger partial charge in [0.15, 0.2) is 5.92 Å². The molecular weight excluding hydrogens is 336 g/mol. The lowest BCUT2D eigenvalue weighted by molar-refractivity contribution is -0.294. The molecule has 0 aliphatic carbocycles. The second-order valence-corrected chi connectivity index (χ2v) is 4.65. The maximum Gasteiger partial charge on any atom is 0.402 e. The van der Waals surface area contributed by atoms with E-state index in [-0.39, 0.29) is 12.4 Å². The van der Waals surface area contributed by atoms with Crippen molar-refractivity contribution in [2.75, 3.05) is 6.61 Å². The van der Waals surface area contributed by atoms with Crippen LogP contribution in [-0.2, 0) is 0 Å². The molecule has 0 fully saturated rings. The maximum absolute atomic E-state index is 12.6. The molecule has 2 unspecified atom stereocenters. The van der Waals surface area contributed by atoms with Crippen molar-refractivity contribution in [3.8, 4) is 0 Å². The van der Waals surface area contributed by atoms with Gasteiger partial charge in [-0.3, -0.25) is 0 Å². The molecular formula is C13H16ClF6NO. The van der Waals surface area contributed by atoms with Gasteiger partial charge in [0, 0.05) is 6.04 Å². The van der Waals surface area contributed by atoms with Gasteiger partial charge in [-0.1, -0.05) is 30.3 Å². The van der Waals surface area contributed by atoms with Crippen LogP contribution in [0.4, 0.5) is 26.3 Å². The Labute approximate surface area is 129 Å². The van der Waals surface area contributed by atoms with Crippen LogP contribution in [0.3, 0.4) is 0 Å². The second-order valence-electron chi connectivity index (χ2n) is 4.65. The molecule has 0 bridgehead atoms. The van der Waals surface area contributed by atoms with E-state index in [9.17, 15) is 26.3 Å². The molecule has 1 rings (SSSR count). The third-order valence-corrected chi connectivity index (χ3v) is 3.07. The van der Waals surface area contributed by atoms with Crippen molar-refractivity contribution in [3.63, 3.8) is 0 Å². The van der Waals surface area contributed by atoms with Gasteiger partial charge in [-0.15, -0.1) is 12.4 Å². The zero-order valence-electron chi connectivity index (χ0n) is 11.4. The predicted octanol–water partition coefficient (Wildman–Crippen LogP) is 3.86. The minimum atomic E-state index is -5.49. The van der Waals surface area contributed by atoms with E-state index in [4.69, 9.17) is 5.11 Å². The highest BCUT2D eigenvalue weighted by Crippen LogP contribution is 2.41. The monoisotopic (exact) mass is 351 g/mol. The van der Waals surface area contributed by atoms with Gasteiger partial charge in [-0.05, 0) is 12.5 Å². The Bertz CT molecular complexity index is 422. The Kier molecular flexibility index (Phi) is 7.67. The fourth-order valence-corrected chi connectivity index (χ4v) is 2.06. The molecule has 22 heavy (non-hydrogen) atoms. The van der Waals surface area contributed by atoms with Crippen molar-refractivity contribution in [2.45, 2.75) is 31.4 Å². The molecule has 0 spiro atoms. The van der Waals surface area contributed by atoms with Crippen molar-refractivity contribution >= 4 is 12.4 Å². The first-order valence-electron chi connectivity index (χ1n) is 6.12. The van der Waals surface area contributed by atoms with Crippen LogP contribution in [-0.4, -0.2) is 30.1 Å². The molecule has 1 aromatic carbocycles. The summed E-state index contributed by atoms with van der Waals surface area (Å²) in [6, 6.07) is 5.12. The molecule has 128 valence electrons. The van der Waals surface area contributed by atoms with Gasteiger partial charge in [-0.25, -0.2) is 0 Å². The van der Waals surface area contributed by atoms with Crippen LogP contribution in [0.5, 0.6) is 0 Å². The van der Waals surface area contributed by atoms with Crippen molar-refractivity contribution in [3.05, 3.63) is 35.9 Å². The van der Waals surface area contributed by atoms with Gasteiger partial charge >= 0.3 is 12.4 Å². The van der Waals surface area contributed by atoms with E-state index in [1.807, 2.05) is 0 Å². The lowest BCUT2D eigenvalue weighted by atomic mass is 9.97. The van der Waals surface area contributed by atoms with E-state index < -0.39 is 37.0 Å². The van der Waals surface area contributed by atoms with E-state index in [2.05, 4.69) is 5.32 Å². The average molecular weight is 352 g/mol. The smallest absolute Gasteiger partial charge is 0.395 e. The van der Waals surface area contributed by atoms with E-state index >= 15 is 0 Å². The number of aliphatic hydroxyl groups is 1.